The molecule has 1 aliphatic heterocycles. The normalized spacial score (nSPS) is 12.9. The summed E-state index contributed by atoms with van der Waals surface area (Å²) in [6.45, 7) is 2.44. The molecule has 0 saturated carbocycles. The number of anilines is 1. The molecule has 2 aromatic carbocycles. The second-order valence-electron chi connectivity index (χ2n) is 5.37. The fourth-order valence-electron chi connectivity index (χ4n) is 2.65. The molecule has 3 rings (SSSR count). The summed E-state index contributed by atoms with van der Waals surface area (Å²) in [5.41, 5.74) is 3.73. The Morgan fingerprint density at radius 2 is 1.91 bits per heavy atom. The Hall–Kier alpha value is -2.62. The number of hydrogen-bond donors (Lipinski definition) is 0. The van der Waals surface area contributed by atoms with E-state index in [1.54, 1.807) is 29.2 Å². The third-order valence-corrected chi connectivity index (χ3v) is 3.77. The third kappa shape index (κ3) is 2.86. The summed E-state index contributed by atoms with van der Waals surface area (Å²) in [5, 5.41) is 0. The predicted octanol–water partition coefficient (Wildman–Crippen LogP) is 2.74. The van der Waals surface area contributed by atoms with Gasteiger partial charge in [-0.25, -0.2) is 4.79 Å². The number of amides is 1. The minimum Gasteiger partial charge on any atom is -0.452 e. The number of nitrogens with zero attached hydrogens (tertiary/aromatic N) is 1. The van der Waals surface area contributed by atoms with E-state index in [1.807, 2.05) is 25.1 Å². The SMILES string of the molecule is Cc1ccc2c(c1)CCN2C(=O)COC(=O)c1ccccc1. The number of carbonyl (C=O) groups is 2. The maximum absolute atomic E-state index is 12.3. The third-order valence-electron chi connectivity index (χ3n) is 3.77. The van der Waals surface area contributed by atoms with Crippen LogP contribution in [0.3, 0.4) is 0 Å². The van der Waals surface area contributed by atoms with Crippen LogP contribution in [-0.4, -0.2) is 25.0 Å². The number of carbonyl (C=O) groups excluding carboxylic acids is 2. The lowest BCUT2D eigenvalue weighted by atomic mass is 10.1. The summed E-state index contributed by atoms with van der Waals surface area (Å²) in [4.78, 5) is 25.8. The van der Waals surface area contributed by atoms with Crippen LogP contribution in [-0.2, 0) is 16.0 Å². The van der Waals surface area contributed by atoms with E-state index in [4.69, 9.17) is 4.74 Å². The van der Waals surface area contributed by atoms with Crippen molar-refractivity contribution in [1.82, 2.24) is 0 Å². The highest BCUT2D eigenvalue weighted by molar-refractivity contribution is 5.98. The van der Waals surface area contributed by atoms with Crippen molar-refractivity contribution in [3.05, 3.63) is 65.2 Å². The number of aryl methyl sites for hydroxylation is 1. The van der Waals surface area contributed by atoms with Gasteiger partial charge in [-0.1, -0.05) is 35.9 Å². The average Bonchev–Trinajstić information content (AvgIpc) is 2.96. The van der Waals surface area contributed by atoms with Gasteiger partial charge in [-0.3, -0.25) is 4.79 Å². The van der Waals surface area contributed by atoms with E-state index in [1.165, 1.54) is 11.1 Å². The summed E-state index contributed by atoms with van der Waals surface area (Å²) >= 11 is 0. The first-order valence-electron chi connectivity index (χ1n) is 7.27. The largest absolute Gasteiger partial charge is 0.452 e. The van der Waals surface area contributed by atoms with Gasteiger partial charge in [0.25, 0.3) is 5.91 Å². The molecule has 1 heterocycles. The first-order chi connectivity index (χ1) is 10.6. The van der Waals surface area contributed by atoms with Crippen LogP contribution in [0, 0.1) is 6.92 Å². The first kappa shape index (κ1) is 14.3. The smallest absolute Gasteiger partial charge is 0.338 e. The molecule has 1 aliphatic rings. The standard InChI is InChI=1S/C18H17NO3/c1-13-7-8-16-15(11-13)9-10-19(16)17(20)12-22-18(21)14-5-3-2-4-6-14/h2-8,11H,9-10,12H2,1H3. The van der Waals surface area contributed by atoms with E-state index in [0.717, 1.165) is 12.1 Å². The Morgan fingerprint density at radius 1 is 1.14 bits per heavy atom. The van der Waals surface area contributed by atoms with Crippen molar-refractivity contribution in [2.24, 2.45) is 0 Å². The zero-order valence-electron chi connectivity index (χ0n) is 12.4. The summed E-state index contributed by atoms with van der Waals surface area (Å²) in [6, 6.07) is 14.7. The molecule has 1 amide bonds. The highest BCUT2D eigenvalue weighted by Crippen LogP contribution is 2.28. The molecule has 0 saturated heterocycles. The lowest BCUT2D eigenvalue weighted by Crippen LogP contribution is -2.33. The maximum Gasteiger partial charge on any atom is 0.338 e. The number of fused-ring (bicyclic) bond motifs is 1. The molecule has 0 aliphatic carbocycles. The zero-order valence-corrected chi connectivity index (χ0v) is 12.4. The summed E-state index contributed by atoms with van der Waals surface area (Å²) in [5.74, 6) is -0.663. The Labute approximate surface area is 129 Å². The Balaban J connectivity index is 1.63. The zero-order chi connectivity index (χ0) is 15.5. The van der Waals surface area contributed by atoms with Crippen LogP contribution in [0.25, 0.3) is 0 Å². The Kier molecular flexibility index (Phi) is 3.92. The van der Waals surface area contributed by atoms with Crippen LogP contribution in [0.5, 0.6) is 0 Å². The van der Waals surface area contributed by atoms with Gasteiger partial charge in [-0.05, 0) is 37.1 Å². The lowest BCUT2D eigenvalue weighted by Gasteiger charge is -2.17. The van der Waals surface area contributed by atoms with Gasteiger partial charge >= 0.3 is 5.97 Å². The van der Waals surface area contributed by atoms with Crippen LogP contribution in [0.1, 0.15) is 21.5 Å². The molecule has 0 aromatic heterocycles. The number of rotatable bonds is 3. The van der Waals surface area contributed by atoms with E-state index in [0.29, 0.717) is 12.1 Å². The second-order valence-corrected chi connectivity index (χ2v) is 5.37. The molecule has 0 bridgehead atoms. The van der Waals surface area contributed by atoms with Crippen molar-refractivity contribution in [1.29, 1.82) is 0 Å². The van der Waals surface area contributed by atoms with Gasteiger partial charge < -0.3 is 9.64 Å². The van der Waals surface area contributed by atoms with E-state index in [2.05, 4.69) is 6.07 Å². The van der Waals surface area contributed by atoms with Gasteiger partial charge in [0, 0.05) is 12.2 Å². The molecular formula is C18H17NO3. The molecule has 4 nitrogen and oxygen atoms in total. The molecule has 0 fully saturated rings. The number of esters is 1. The van der Waals surface area contributed by atoms with Gasteiger partial charge in [0.1, 0.15) is 0 Å². The molecule has 0 unspecified atom stereocenters. The van der Waals surface area contributed by atoms with E-state index in [9.17, 15) is 9.59 Å². The van der Waals surface area contributed by atoms with E-state index in [-0.39, 0.29) is 12.5 Å². The van der Waals surface area contributed by atoms with Crippen LogP contribution in [0.4, 0.5) is 5.69 Å². The summed E-state index contributed by atoms with van der Waals surface area (Å²) in [6.07, 6.45) is 0.843. The quantitative estimate of drug-likeness (QED) is 0.818. The molecule has 0 radical (unpaired) electrons. The topological polar surface area (TPSA) is 46.6 Å². The molecule has 112 valence electrons. The fraction of sp³-hybridized carbons (Fsp3) is 0.222. The van der Waals surface area contributed by atoms with E-state index >= 15 is 0 Å². The van der Waals surface area contributed by atoms with Crippen LogP contribution < -0.4 is 4.90 Å². The number of hydrogen-bond acceptors (Lipinski definition) is 3. The van der Waals surface area contributed by atoms with Gasteiger partial charge in [0.05, 0.1) is 5.56 Å². The highest BCUT2D eigenvalue weighted by atomic mass is 16.5. The summed E-state index contributed by atoms with van der Waals surface area (Å²) < 4.78 is 5.11. The van der Waals surface area contributed by atoms with Gasteiger partial charge in [0.15, 0.2) is 6.61 Å². The number of ether oxygens (including phenoxy) is 1. The lowest BCUT2D eigenvalue weighted by molar-refractivity contribution is -0.121. The van der Waals surface area contributed by atoms with Crippen LogP contribution in [0.2, 0.25) is 0 Å². The highest BCUT2D eigenvalue weighted by Gasteiger charge is 2.25. The van der Waals surface area contributed by atoms with Gasteiger partial charge in [-0.2, -0.15) is 0 Å². The van der Waals surface area contributed by atoms with Crippen molar-refractivity contribution in [2.75, 3.05) is 18.1 Å². The van der Waals surface area contributed by atoms with Crippen LogP contribution >= 0.6 is 0 Å². The van der Waals surface area contributed by atoms with Gasteiger partial charge in [-0.15, -0.1) is 0 Å². The van der Waals surface area contributed by atoms with Crippen LogP contribution in [0.15, 0.2) is 48.5 Å². The molecule has 4 heteroatoms. The fourth-order valence-corrected chi connectivity index (χ4v) is 2.65. The van der Waals surface area contributed by atoms with Crippen molar-refractivity contribution in [3.63, 3.8) is 0 Å². The average molecular weight is 295 g/mol. The van der Waals surface area contributed by atoms with Crippen molar-refractivity contribution in [3.8, 4) is 0 Å². The molecule has 0 atom stereocenters. The first-order valence-corrected chi connectivity index (χ1v) is 7.27. The Bertz CT molecular complexity index is 710. The van der Waals surface area contributed by atoms with Gasteiger partial charge in [0.2, 0.25) is 0 Å². The summed E-state index contributed by atoms with van der Waals surface area (Å²) in [7, 11) is 0. The molecule has 0 N–H and O–H groups in total. The van der Waals surface area contributed by atoms with E-state index < -0.39 is 5.97 Å². The predicted molar refractivity (Wildman–Crippen MR) is 84.0 cm³/mol. The molecule has 0 spiro atoms. The Morgan fingerprint density at radius 3 is 2.68 bits per heavy atom. The second kappa shape index (κ2) is 6.02. The number of benzene rings is 2. The molecule has 22 heavy (non-hydrogen) atoms. The molecule has 2 aromatic rings. The van der Waals surface area contributed by atoms with Crippen molar-refractivity contribution < 1.29 is 14.3 Å². The maximum atomic E-state index is 12.3. The minimum absolute atomic E-state index is 0.188. The monoisotopic (exact) mass is 295 g/mol. The minimum atomic E-state index is -0.475. The molecular weight excluding hydrogens is 278 g/mol. The van der Waals surface area contributed by atoms with Crippen molar-refractivity contribution in [2.45, 2.75) is 13.3 Å². The van der Waals surface area contributed by atoms with Crippen molar-refractivity contribution >= 4 is 17.6 Å².